The summed E-state index contributed by atoms with van der Waals surface area (Å²) in [4.78, 5) is 37.0. The summed E-state index contributed by atoms with van der Waals surface area (Å²) in [5.74, 6) is -5.61. The number of nitrogens with one attached hydrogen (secondary N) is 3. The molecule has 4 amide bonds. The predicted octanol–water partition coefficient (Wildman–Crippen LogP) is -2.01. The van der Waals surface area contributed by atoms with Crippen LogP contribution in [0.5, 0.6) is 0 Å². The highest BCUT2D eigenvalue weighted by Gasteiger charge is 2.62. The van der Waals surface area contributed by atoms with E-state index in [0.29, 0.717) is 24.4 Å². The van der Waals surface area contributed by atoms with E-state index < -0.39 is 59.2 Å². The van der Waals surface area contributed by atoms with Crippen LogP contribution in [0, 0.1) is 5.92 Å². The highest BCUT2D eigenvalue weighted by molar-refractivity contribution is 7.80. The van der Waals surface area contributed by atoms with Gasteiger partial charge in [-0.3, -0.25) is 25.0 Å². The summed E-state index contributed by atoms with van der Waals surface area (Å²) >= 11 is 0. The average molecular weight is 413 g/mol. The lowest BCUT2D eigenvalue weighted by molar-refractivity contribution is -0.154. The van der Waals surface area contributed by atoms with Crippen molar-refractivity contribution in [3.63, 3.8) is 0 Å². The van der Waals surface area contributed by atoms with Gasteiger partial charge in [0.1, 0.15) is 12.1 Å². The fourth-order valence-electron chi connectivity index (χ4n) is 3.27. The van der Waals surface area contributed by atoms with Gasteiger partial charge in [-0.25, -0.2) is 13.6 Å². The number of carbonyl (C=O) groups excluding carboxylic acids is 3. The first kappa shape index (κ1) is 19.7. The Labute approximate surface area is 152 Å². The smallest absolute Gasteiger partial charge is 0.316 e. The van der Waals surface area contributed by atoms with Crippen LogP contribution in [0.3, 0.4) is 0 Å². The Kier molecular flexibility index (Phi) is 4.96. The number of nitrogens with zero attached hydrogens (tertiary/aromatic N) is 2. The Balaban J connectivity index is 1.69. The predicted molar refractivity (Wildman–Crippen MR) is 81.0 cm³/mol. The van der Waals surface area contributed by atoms with Crippen LogP contribution in [-0.4, -0.2) is 78.4 Å². The number of piperidine rings is 1. The molecule has 3 heterocycles. The van der Waals surface area contributed by atoms with Crippen molar-refractivity contribution in [2.24, 2.45) is 5.92 Å². The molecule has 3 aliphatic heterocycles. The zero-order chi connectivity index (χ0) is 20.0. The first-order chi connectivity index (χ1) is 12.5. The van der Waals surface area contributed by atoms with Crippen molar-refractivity contribution < 1.29 is 40.4 Å². The standard InChI is InChI=1S/C12H17F2N5O7S/c13-12(14)3-7(10(21)17-16-9(20)6-1-2-15-4-6)18-5-8(12)19(11(18)22)26-27(23,24)25/h6-8,15H,1-5H2,(H,16,20)(H,17,21)(H,23,24,25)/t6?,7-,8-/m0/s1. The molecular weight excluding hydrogens is 396 g/mol. The lowest BCUT2D eigenvalue weighted by Crippen LogP contribution is -2.59. The molecule has 3 fully saturated rings. The third-order valence-corrected chi connectivity index (χ3v) is 4.98. The van der Waals surface area contributed by atoms with Crippen molar-refractivity contribution in [2.45, 2.75) is 30.8 Å². The lowest BCUT2D eigenvalue weighted by Gasteiger charge is -2.34. The van der Waals surface area contributed by atoms with Crippen molar-refractivity contribution >= 4 is 28.2 Å². The molecule has 3 aliphatic rings. The van der Waals surface area contributed by atoms with Crippen LogP contribution in [0.1, 0.15) is 12.8 Å². The highest BCUT2D eigenvalue weighted by Crippen LogP contribution is 2.40. The van der Waals surface area contributed by atoms with Gasteiger partial charge in [0.25, 0.3) is 11.8 Å². The van der Waals surface area contributed by atoms with E-state index in [-0.39, 0.29) is 11.0 Å². The summed E-state index contributed by atoms with van der Waals surface area (Å²) < 4.78 is 62.8. The fourth-order valence-corrected chi connectivity index (χ4v) is 3.65. The summed E-state index contributed by atoms with van der Waals surface area (Å²) in [6, 6.07) is -4.97. The van der Waals surface area contributed by atoms with Crippen molar-refractivity contribution in [1.82, 2.24) is 26.1 Å². The van der Waals surface area contributed by atoms with E-state index in [1.165, 1.54) is 0 Å². The van der Waals surface area contributed by atoms with Gasteiger partial charge >= 0.3 is 16.4 Å². The maximum atomic E-state index is 14.3. The minimum atomic E-state index is -5.22. The zero-order valence-corrected chi connectivity index (χ0v) is 14.5. The minimum Gasteiger partial charge on any atom is -0.316 e. The molecule has 0 radical (unpaired) electrons. The van der Waals surface area contributed by atoms with Gasteiger partial charge in [-0.2, -0.15) is 13.5 Å². The molecule has 3 saturated heterocycles. The van der Waals surface area contributed by atoms with Gasteiger partial charge in [-0.05, 0) is 13.0 Å². The summed E-state index contributed by atoms with van der Waals surface area (Å²) in [5.41, 5.74) is 4.14. The second kappa shape index (κ2) is 6.81. The van der Waals surface area contributed by atoms with Crippen molar-refractivity contribution in [3.8, 4) is 0 Å². The van der Waals surface area contributed by atoms with Gasteiger partial charge in [-0.15, -0.1) is 4.28 Å². The number of hydrogen-bond acceptors (Lipinski definition) is 7. The third-order valence-electron chi connectivity index (χ3n) is 4.63. The Morgan fingerprint density at radius 3 is 2.56 bits per heavy atom. The van der Waals surface area contributed by atoms with Crippen LogP contribution in [0.25, 0.3) is 0 Å². The number of hydrogen-bond donors (Lipinski definition) is 4. The number of amides is 4. The number of hydroxylamine groups is 2. The number of halogens is 2. The zero-order valence-electron chi connectivity index (χ0n) is 13.7. The van der Waals surface area contributed by atoms with E-state index in [0.717, 1.165) is 0 Å². The first-order valence-electron chi connectivity index (χ1n) is 7.95. The number of rotatable bonds is 4. The largest absolute Gasteiger partial charge is 0.418 e. The third kappa shape index (κ3) is 3.95. The Hall–Kier alpha value is -2.10. The molecular formula is C12H17F2N5O7S. The molecule has 1 unspecified atom stereocenters. The van der Waals surface area contributed by atoms with E-state index in [9.17, 15) is 31.6 Å². The molecule has 0 aromatic rings. The molecule has 0 spiro atoms. The first-order valence-corrected chi connectivity index (χ1v) is 9.31. The fraction of sp³-hybridized carbons (Fsp3) is 0.750. The number of carbonyl (C=O) groups is 3. The van der Waals surface area contributed by atoms with Crippen LogP contribution >= 0.6 is 0 Å². The maximum Gasteiger partial charge on any atom is 0.418 e. The van der Waals surface area contributed by atoms with Crippen LogP contribution in [0.4, 0.5) is 13.6 Å². The molecule has 12 nitrogen and oxygen atoms in total. The van der Waals surface area contributed by atoms with E-state index in [4.69, 9.17) is 4.55 Å². The van der Waals surface area contributed by atoms with E-state index in [2.05, 4.69) is 15.0 Å². The van der Waals surface area contributed by atoms with Crippen molar-refractivity contribution in [3.05, 3.63) is 0 Å². The Morgan fingerprint density at radius 2 is 1.96 bits per heavy atom. The highest BCUT2D eigenvalue weighted by atomic mass is 32.3. The molecule has 3 rings (SSSR count). The topological polar surface area (TPSA) is 157 Å². The molecule has 4 N–H and O–H groups in total. The molecule has 15 heteroatoms. The molecule has 0 aliphatic carbocycles. The molecule has 27 heavy (non-hydrogen) atoms. The maximum absolute atomic E-state index is 14.3. The number of hydrazine groups is 1. The lowest BCUT2D eigenvalue weighted by atomic mass is 9.96. The van der Waals surface area contributed by atoms with E-state index in [1.807, 2.05) is 5.43 Å². The van der Waals surface area contributed by atoms with Crippen molar-refractivity contribution in [2.75, 3.05) is 19.6 Å². The summed E-state index contributed by atoms with van der Waals surface area (Å²) in [7, 11) is -5.22. The van der Waals surface area contributed by atoms with Gasteiger partial charge < -0.3 is 10.2 Å². The molecule has 0 aromatic carbocycles. The van der Waals surface area contributed by atoms with E-state index in [1.54, 1.807) is 0 Å². The monoisotopic (exact) mass is 413 g/mol. The summed E-state index contributed by atoms with van der Waals surface area (Å²) in [6.07, 6.45) is -0.557. The van der Waals surface area contributed by atoms with Crippen LogP contribution in [-0.2, 0) is 24.3 Å². The van der Waals surface area contributed by atoms with Gasteiger partial charge in [0.15, 0.2) is 0 Å². The van der Waals surface area contributed by atoms with Crippen LogP contribution < -0.4 is 16.2 Å². The van der Waals surface area contributed by atoms with E-state index >= 15 is 0 Å². The van der Waals surface area contributed by atoms with Crippen LogP contribution in [0.15, 0.2) is 0 Å². The van der Waals surface area contributed by atoms with Gasteiger partial charge in [0.2, 0.25) is 5.91 Å². The van der Waals surface area contributed by atoms with Gasteiger partial charge in [0, 0.05) is 13.0 Å². The normalized spacial score (nSPS) is 29.7. The Morgan fingerprint density at radius 1 is 1.30 bits per heavy atom. The van der Waals surface area contributed by atoms with Gasteiger partial charge in [0.05, 0.1) is 12.5 Å². The SMILES string of the molecule is O=C(NNC(=O)[C@@H]1CC(F)(F)[C@@H]2CN1C(=O)N2OS(=O)(=O)O)C1CCNC1. The molecule has 0 aromatic heterocycles. The number of alkyl halides is 2. The Bertz CT molecular complexity index is 757. The molecule has 3 atom stereocenters. The van der Waals surface area contributed by atoms with Gasteiger partial charge in [-0.1, -0.05) is 0 Å². The summed E-state index contributed by atoms with van der Waals surface area (Å²) in [5, 5.41) is 2.79. The number of fused-ring (bicyclic) bond motifs is 2. The second-order valence-electron chi connectivity index (χ2n) is 6.43. The molecule has 152 valence electrons. The quantitative estimate of drug-likeness (QED) is 0.304. The average Bonchev–Trinajstić information content (AvgIpc) is 3.18. The second-order valence-corrected chi connectivity index (χ2v) is 7.43. The van der Waals surface area contributed by atoms with Crippen LogP contribution in [0.2, 0.25) is 0 Å². The summed E-state index contributed by atoms with van der Waals surface area (Å²) in [6.45, 7) is 0.353. The van der Waals surface area contributed by atoms with Crippen molar-refractivity contribution in [1.29, 1.82) is 0 Å². The molecule has 2 bridgehead atoms. The molecule has 0 saturated carbocycles. The number of urea groups is 1. The minimum absolute atomic E-state index is 0.161.